The van der Waals surface area contributed by atoms with E-state index in [0.717, 1.165) is 5.69 Å². The van der Waals surface area contributed by atoms with Crippen molar-refractivity contribution in [1.29, 1.82) is 0 Å². The molecule has 0 radical (unpaired) electrons. The van der Waals surface area contributed by atoms with Crippen LogP contribution in [0, 0.1) is 0 Å². The Balaban J connectivity index is 1.65. The lowest BCUT2D eigenvalue weighted by Crippen LogP contribution is -2.07. The number of halogens is 1. The molecule has 2 aromatic carbocycles. The second-order valence-corrected chi connectivity index (χ2v) is 5.19. The van der Waals surface area contributed by atoms with Gasteiger partial charge in [-0.3, -0.25) is 4.79 Å². The number of benzene rings is 2. The number of rotatable bonds is 4. The summed E-state index contributed by atoms with van der Waals surface area (Å²) in [6.07, 6.45) is 4.77. The molecule has 0 saturated heterocycles. The summed E-state index contributed by atoms with van der Waals surface area (Å²) in [7, 11) is 0. The van der Waals surface area contributed by atoms with Gasteiger partial charge in [0.25, 0.3) is 0 Å². The predicted molar refractivity (Wildman–Crippen MR) is 90.5 cm³/mol. The van der Waals surface area contributed by atoms with Crippen molar-refractivity contribution in [2.24, 2.45) is 0 Å². The fourth-order valence-corrected chi connectivity index (χ4v) is 2.06. The highest BCUT2D eigenvalue weighted by Crippen LogP contribution is 2.13. The molecule has 23 heavy (non-hydrogen) atoms. The number of hydrogen-bond donors (Lipinski definition) is 1. The zero-order valence-corrected chi connectivity index (χ0v) is 12.8. The van der Waals surface area contributed by atoms with Crippen molar-refractivity contribution in [2.75, 3.05) is 5.32 Å². The molecule has 0 bridgehead atoms. The van der Waals surface area contributed by atoms with Crippen LogP contribution in [-0.4, -0.2) is 20.9 Å². The number of nitrogens with one attached hydrogen (secondary N) is 1. The van der Waals surface area contributed by atoms with Crippen LogP contribution < -0.4 is 5.32 Å². The predicted octanol–water partition coefficient (Wildman–Crippen LogP) is 3.57. The Bertz CT molecular complexity index is 825. The Morgan fingerprint density at radius 2 is 1.83 bits per heavy atom. The monoisotopic (exact) mass is 324 g/mol. The molecule has 0 fully saturated rings. The average Bonchev–Trinajstić information content (AvgIpc) is 3.05. The van der Waals surface area contributed by atoms with Crippen molar-refractivity contribution in [3.8, 4) is 5.69 Å². The van der Waals surface area contributed by atoms with Crippen LogP contribution in [0.25, 0.3) is 11.8 Å². The quantitative estimate of drug-likeness (QED) is 0.746. The molecule has 1 N–H and O–H groups in total. The first-order chi connectivity index (χ1) is 11.2. The van der Waals surface area contributed by atoms with Crippen molar-refractivity contribution in [2.45, 2.75) is 0 Å². The van der Waals surface area contributed by atoms with E-state index in [2.05, 4.69) is 15.6 Å². The van der Waals surface area contributed by atoms with Crippen molar-refractivity contribution in [3.05, 3.63) is 77.6 Å². The van der Waals surface area contributed by atoms with Gasteiger partial charge in [-0.1, -0.05) is 35.0 Å². The molecule has 0 aliphatic rings. The average molecular weight is 325 g/mol. The van der Waals surface area contributed by atoms with Crippen molar-refractivity contribution < 1.29 is 4.79 Å². The summed E-state index contributed by atoms with van der Waals surface area (Å²) in [5, 5.41) is 11.4. The van der Waals surface area contributed by atoms with Crippen molar-refractivity contribution >= 4 is 29.3 Å². The molecule has 0 aliphatic carbocycles. The molecule has 3 aromatic rings. The standard InChI is InChI=1S/C17H13ClN4O/c18-13-6-8-14(9-7-13)19-17(23)11-10-15-12-22(21-20-15)16-4-2-1-3-5-16/h1-12H,(H,19,23)/b11-10-. The number of para-hydroxylation sites is 1. The molecule has 1 aromatic heterocycles. The van der Waals surface area contributed by atoms with Gasteiger partial charge >= 0.3 is 0 Å². The maximum Gasteiger partial charge on any atom is 0.248 e. The van der Waals surface area contributed by atoms with Gasteiger partial charge in [0.2, 0.25) is 5.91 Å². The number of amides is 1. The van der Waals surface area contributed by atoms with E-state index < -0.39 is 0 Å². The second-order valence-electron chi connectivity index (χ2n) is 4.75. The minimum absolute atomic E-state index is 0.249. The molecule has 114 valence electrons. The molecule has 0 atom stereocenters. The van der Waals surface area contributed by atoms with Crippen LogP contribution >= 0.6 is 11.6 Å². The van der Waals surface area contributed by atoms with Gasteiger partial charge in [-0.25, -0.2) is 4.68 Å². The maximum atomic E-state index is 11.9. The number of nitrogens with zero attached hydrogens (tertiary/aromatic N) is 3. The number of carbonyl (C=O) groups excluding carboxylic acids is 1. The van der Waals surface area contributed by atoms with E-state index >= 15 is 0 Å². The first-order valence-corrected chi connectivity index (χ1v) is 7.31. The normalized spacial score (nSPS) is 10.8. The summed E-state index contributed by atoms with van der Waals surface area (Å²) < 4.78 is 1.65. The molecule has 0 spiro atoms. The lowest BCUT2D eigenvalue weighted by Gasteiger charge is -2.01. The Labute approximate surface area is 138 Å². The molecule has 0 saturated carbocycles. The number of anilines is 1. The zero-order valence-electron chi connectivity index (χ0n) is 12.1. The minimum atomic E-state index is -0.249. The molecule has 5 nitrogen and oxygen atoms in total. The maximum absolute atomic E-state index is 11.9. The summed E-state index contributed by atoms with van der Waals surface area (Å²) in [5.41, 5.74) is 2.18. The lowest BCUT2D eigenvalue weighted by atomic mass is 10.3. The van der Waals surface area contributed by atoms with Crippen LogP contribution in [0.15, 0.2) is 66.9 Å². The van der Waals surface area contributed by atoms with Crippen molar-refractivity contribution in [1.82, 2.24) is 15.0 Å². The Hall–Kier alpha value is -2.92. The van der Waals surface area contributed by atoms with Gasteiger partial charge in [-0.15, -0.1) is 5.10 Å². The molecule has 1 amide bonds. The van der Waals surface area contributed by atoms with Crippen LogP contribution in [0.3, 0.4) is 0 Å². The molecule has 3 rings (SSSR count). The van der Waals surface area contributed by atoms with Gasteiger partial charge in [-0.2, -0.15) is 0 Å². The van der Waals surface area contributed by atoms with Crippen LogP contribution in [0.2, 0.25) is 5.02 Å². The van der Waals surface area contributed by atoms with E-state index in [-0.39, 0.29) is 5.91 Å². The van der Waals surface area contributed by atoms with E-state index in [9.17, 15) is 4.79 Å². The summed E-state index contributed by atoms with van der Waals surface area (Å²) in [6, 6.07) is 16.5. The van der Waals surface area contributed by atoms with Crippen LogP contribution in [0.5, 0.6) is 0 Å². The number of aromatic nitrogens is 3. The molecule has 1 heterocycles. The van der Waals surface area contributed by atoms with Crippen LogP contribution in [0.1, 0.15) is 5.69 Å². The van der Waals surface area contributed by atoms with Gasteiger partial charge in [-0.05, 0) is 42.5 Å². The van der Waals surface area contributed by atoms with Gasteiger partial charge in [0.1, 0.15) is 5.69 Å². The molecule has 0 unspecified atom stereocenters. The third-order valence-corrected chi connectivity index (χ3v) is 3.30. The molecule has 6 heteroatoms. The topological polar surface area (TPSA) is 59.8 Å². The fourth-order valence-electron chi connectivity index (χ4n) is 1.94. The highest BCUT2D eigenvalue weighted by molar-refractivity contribution is 6.30. The Morgan fingerprint density at radius 3 is 2.57 bits per heavy atom. The number of hydrogen-bond acceptors (Lipinski definition) is 3. The Kier molecular flexibility index (Phi) is 4.49. The van der Waals surface area contributed by atoms with Gasteiger partial charge in [0.05, 0.1) is 11.9 Å². The smallest absolute Gasteiger partial charge is 0.248 e. The molecule has 0 aliphatic heterocycles. The van der Waals surface area contributed by atoms with E-state index in [4.69, 9.17) is 11.6 Å². The lowest BCUT2D eigenvalue weighted by molar-refractivity contribution is -0.111. The van der Waals surface area contributed by atoms with E-state index in [1.807, 2.05) is 30.3 Å². The molecular formula is C17H13ClN4O. The summed E-state index contributed by atoms with van der Waals surface area (Å²) in [5.74, 6) is -0.249. The fraction of sp³-hybridized carbons (Fsp3) is 0. The zero-order chi connectivity index (χ0) is 16.1. The van der Waals surface area contributed by atoms with E-state index in [1.165, 1.54) is 6.08 Å². The third kappa shape index (κ3) is 4.05. The molecular weight excluding hydrogens is 312 g/mol. The first kappa shape index (κ1) is 15.0. The highest BCUT2D eigenvalue weighted by atomic mass is 35.5. The highest BCUT2D eigenvalue weighted by Gasteiger charge is 2.01. The first-order valence-electron chi connectivity index (χ1n) is 6.93. The Morgan fingerprint density at radius 1 is 1.09 bits per heavy atom. The third-order valence-electron chi connectivity index (χ3n) is 3.05. The van der Waals surface area contributed by atoms with Gasteiger partial charge < -0.3 is 5.32 Å². The second kappa shape index (κ2) is 6.89. The van der Waals surface area contributed by atoms with Crippen LogP contribution in [-0.2, 0) is 4.79 Å². The summed E-state index contributed by atoms with van der Waals surface area (Å²) in [6.45, 7) is 0. The summed E-state index contributed by atoms with van der Waals surface area (Å²) >= 11 is 5.80. The van der Waals surface area contributed by atoms with Gasteiger partial charge in [0, 0.05) is 16.8 Å². The minimum Gasteiger partial charge on any atom is -0.323 e. The van der Waals surface area contributed by atoms with E-state index in [0.29, 0.717) is 16.4 Å². The van der Waals surface area contributed by atoms with Crippen molar-refractivity contribution in [3.63, 3.8) is 0 Å². The van der Waals surface area contributed by atoms with Crippen LogP contribution in [0.4, 0.5) is 5.69 Å². The van der Waals surface area contributed by atoms with E-state index in [1.54, 1.807) is 41.2 Å². The van der Waals surface area contributed by atoms with Gasteiger partial charge in [0.15, 0.2) is 0 Å². The largest absolute Gasteiger partial charge is 0.323 e. The SMILES string of the molecule is O=C(/C=C\c1cn(-c2ccccc2)nn1)Nc1ccc(Cl)cc1. The number of carbonyl (C=O) groups is 1. The summed E-state index contributed by atoms with van der Waals surface area (Å²) in [4.78, 5) is 11.9.